The molecule has 0 radical (unpaired) electrons. The molecule has 0 bridgehead atoms. The van der Waals surface area contributed by atoms with E-state index in [-0.39, 0.29) is 5.91 Å². The highest BCUT2D eigenvalue weighted by atomic mass is 32.1. The molecule has 1 N–H and O–H groups in total. The molecule has 8 nitrogen and oxygen atoms in total. The number of nitrogens with one attached hydrogen (secondary N) is 1. The minimum absolute atomic E-state index is 0.289. The topological polar surface area (TPSA) is 90.5 Å². The van der Waals surface area contributed by atoms with Gasteiger partial charge < -0.3 is 5.32 Å². The molecule has 4 heterocycles. The van der Waals surface area contributed by atoms with Gasteiger partial charge in [0.1, 0.15) is 23.5 Å². The number of carbonyl (C=O) groups is 1. The van der Waals surface area contributed by atoms with Crippen molar-refractivity contribution in [3.8, 4) is 16.4 Å². The van der Waals surface area contributed by atoms with Crippen LogP contribution >= 0.6 is 11.3 Å². The first-order chi connectivity index (χ1) is 12.2. The number of amides is 1. The van der Waals surface area contributed by atoms with Crippen LogP contribution in [-0.4, -0.2) is 35.4 Å². The van der Waals surface area contributed by atoms with Crippen LogP contribution in [0.25, 0.3) is 16.4 Å². The molecule has 0 unspecified atom stereocenters. The number of thiophene rings is 1. The van der Waals surface area contributed by atoms with Gasteiger partial charge in [0.15, 0.2) is 5.82 Å². The van der Waals surface area contributed by atoms with Crippen molar-refractivity contribution < 1.29 is 4.79 Å². The van der Waals surface area contributed by atoms with E-state index >= 15 is 0 Å². The molecular formula is C16H13N7OS. The van der Waals surface area contributed by atoms with Crippen LogP contribution in [0.2, 0.25) is 0 Å². The van der Waals surface area contributed by atoms with Crippen LogP contribution in [0.5, 0.6) is 0 Å². The van der Waals surface area contributed by atoms with E-state index in [1.54, 1.807) is 58.3 Å². The Bertz CT molecular complexity index is 1010. The maximum atomic E-state index is 12.6. The molecule has 0 aromatic carbocycles. The molecule has 0 aliphatic carbocycles. The lowest BCUT2D eigenvalue weighted by Gasteiger charge is -2.06. The van der Waals surface area contributed by atoms with E-state index in [2.05, 4.69) is 25.5 Å². The summed E-state index contributed by atoms with van der Waals surface area (Å²) in [7, 11) is 1.74. The Morgan fingerprint density at radius 2 is 2.16 bits per heavy atom. The van der Waals surface area contributed by atoms with Crippen LogP contribution in [0.1, 0.15) is 10.5 Å². The van der Waals surface area contributed by atoms with Gasteiger partial charge in [-0.3, -0.25) is 9.48 Å². The Labute approximate surface area is 146 Å². The van der Waals surface area contributed by atoms with Crippen molar-refractivity contribution in [2.45, 2.75) is 0 Å². The van der Waals surface area contributed by atoms with E-state index in [1.807, 2.05) is 17.5 Å². The fourth-order valence-corrected chi connectivity index (χ4v) is 3.03. The van der Waals surface area contributed by atoms with Gasteiger partial charge in [0.2, 0.25) is 0 Å². The Kier molecular flexibility index (Phi) is 3.82. The van der Waals surface area contributed by atoms with Gasteiger partial charge in [-0.2, -0.15) is 10.2 Å². The van der Waals surface area contributed by atoms with Gasteiger partial charge in [-0.25, -0.2) is 14.6 Å². The lowest BCUT2D eigenvalue weighted by Crippen LogP contribution is -2.17. The Morgan fingerprint density at radius 1 is 1.24 bits per heavy atom. The normalized spacial score (nSPS) is 10.8. The highest BCUT2D eigenvalue weighted by Gasteiger charge is 2.16. The summed E-state index contributed by atoms with van der Waals surface area (Å²) in [4.78, 5) is 21.8. The van der Waals surface area contributed by atoms with Gasteiger partial charge in [-0.05, 0) is 23.6 Å². The van der Waals surface area contributed by atoms with Gasteiger partial charge >= 0.3 is 0 Å². The highest BCUT2D eigenvalue weighted by molar-refractivity contribution is 7.13. The monoisotopic (exact) mass is 351 g/mol. The molecular weight excluding hydrogens is 338 g/mol. The van der Waals surface area contributed by atoms with E-state index in [4.69, 9.17) is 0 Å². The minimum Gasteiger partial charge on any atom is -0.305 e. The predicted molar refractivity (Wildman–Crippen MR) is 93.6 cm³/mol. The van der Waals surface area contributed by atoms with Crippen LogP contribution in [-0.2, 0) is 7.05 Å². The molecule has 0 saturated carbocycles. The maximum Gasteiger partial charge on any atom is 0.275 e. The molecule has 0 fully saturated rings. The van der Waals surface area contributed by atoms with Crippen molar-refractivity contribution in [2.24, 2.45) is 7.05 Å². The van der Waals surface area contributed by atoms with Crippen LogP contribution < -0.4 is 5.32 Å². The summed E-state index contributed by atoms with van der Waals surface area (Å²) < 4.78 is 3.15. The maximum absolute atomic E-state index is 12.6. The summed E-state index contributed by atoms with van der Waals surface area (Å²) in [5.41, 5.74) is 1.21. The summed E-state index contributed by atoms with van der Waals surface area (Å²) in [6, 6.07) is 9.13. The number of anilines is 1. The SMILES string of the molecule is Cn1nc(-c2cccs2)cc1C(=O)Nc1cc(-n2cccn2)ncn1. The van der Waals surface area contributed by atoms with Gasteiger partial charge in [-0.1, -0.05) is 6.07 Å². The summed E-state index contributed by atoms with van der Waals surface area (Å²) >= 11 is 1.58. The molecule has 4 aromatic rings. The summed E-state index contributed by atoms with van der Waals surface area (Å²) in [5.74, 6) is 0.673. The smallest absolute Gasteiger partial charge is 0.275 e. The lowest BCUT2D eigenvalue weighted by molar-refractivity contribution is 0.101. The van der Waals surface area contributed by atoms with Crippen molar-refractivity contribution in [1.29, 1.82) is 0 Å². The fraction of sp³-hybridized carbons (Fsp3) is 0.0625. The summed E-state index contributed by atoms with van der Waals surface area (Å²) in [6.07, 6.45) is 4.80. The second kappa shape index (κ2) is 6.29. The third kappa shape index (κ3) is 3.04. The zero-order valence-corrected chi connectivity index (χ0v) is 14.0. The van der Waals surface area contributed by atoms with Crippen LogP contribution in [0, 0.1) is 0 Å². The van der Waals surface area contributed by atoms with Crippen LogP contribution in [0.3, 0.4) is 0 Å². The quantitative estimate of drug-likeness (QED) is 0.609. The van der Waals surface area contributed by atoms with Gasteiger partial charge in [0.05, 0.1) is 4.88 Å². The first-order valence-corrected chi connectivity index (χ1v) is 8.30. The molecule has 9 heteroatoms. The lowest BCUT2D eigenvalue weighted by atomic mass is 10.3. The largest absolute Gasteiger partial charge is 0.305 e. The van der Waals surface area contributed by atoms with E-state index in [1.165, 1.54) is 6.33 Å². The van der Waals surface area contributed by atoms with Gasteiger partial charge in [0.25, 0.3) is 5.91 Å². The number of hydrogen-bond acceptors (Lipinski definition) is 6. The summed E-state index contributed by atoms with van der Waals surface area (Å²) in [6.45, 7) is 0. The number of hydrogen-bond donors (Lipinski definition) is 1. The molecule has 4 rings (SSSR count). The van der Waals surface area contributed by atoms with E-state index < -0.39 is 0 Å². The first kappa shape index (κ1) is 15.2. The highest BCUT2D eigenvalue weighted by Crippen LogP contribution is 2.24. The van der Waals surface area contributed by atoms with Crippen LogP contribution in [0.4, 0.5) is 5.82 Å². The average Bonchev–Trinajstić information content (AvgIpc) is 3.36. The number of rotatable bonds is 4. The zero-order valence-electron chi connectivity index (χ0n) is 13.2. The van der Waals surface area contributed by atoms with Crippen LogP contribution in [0.15, 0.2) is 54.4 Å². The second-order valence-corrected chi connectivity index (χ2v) is 6.13. The van der Waals surface area contributed by atoms with Crippen molar-refractivity contribution in [3.63, 3.8) is 0 Å². The predicted octanol–water partition coefficient (Wildman–Crippen LogP) is 2.38. The summed E-state index contributed by atoms with van der Waals surface area (Å²) in [5, 5.41) is 13.3. The Balaban J connectivity index is 1.58. The zero-order chi connectivity index (χ0) is 17.2. The number of carbonyl (C=O) groups excluding carboxylic acids is 1. The van der Waals surface area contributed by atoms with Crippen molar-refractivity contribution >= 4 is 23.1 Å². The molecule has 0 atom stereocenters. The molecule has 25 heavy (non-hydrogen) atoms. The number of aryl methyl sites for hydroxylation is 1. The second-order valence-electron chi connectivity index (χ2n) is 5.18. The minimum atomic E-state index is -0.289. The number of aromatic nitrogens is 6. The van der Waals surface area contributed by atoms with Crippen molar-refractivity contribution in [2.75, 3.05) is 5.32 Å². The molecule has 1 amide bonds. The third-order valence-corrected chi connectivity index (χ3v) is 4.41. The van der Waals surface area contributed by atoms with E-state index in [0.29, 0.717) is 17.3 Å². The average molecular weight is 351 g/mol. The Hall–Kier alpha value is -3.33. The molecule has 4 aromatic heterocycles. The van der Waals surface area contributed by atoms with E-state index in [9.17, 15) is 4.79 Å². The molecule has 0 spiro atoms. The first-order valence-electron chi connectivity index (χ1n) is 7.42. The standard InChI is InChI=1S/C16H13N7OS/c1-22-12(8-11(21-22)13-4-2-7-25-13)16(24)20-14-9-15(18-10-17-14)23-6-3-5-19-23/h2-10H,1H3,(H,17,18,20,24). The number of nitrogens with zero attached hydrogens (tertiary/aromatic N) is 6. The van der Waals surface area contributed by atoms with E-state index in [0.717, 1.165) is 10.6 Å². The van der Waals surface area contributed by atoms with Gasteiger partial charge in [0, 0.05) is 25.5 Å². The van der Waals surface area contributed by atoms with Gasteiger partial charge in [-0.15, -0.1) is 11.3 Å². The van der Waals surface area contributed by atoms with Crippen molar-refractivity contribution in [1.82, 2.24) is 29.5 Å². The molecule has 0 aliphatic rings. The molecule has 0 saturated heterocycles. The molecule has 124 valence electrons. The Morgan fingerprint density at radius 3 is 2.92 bits per heavy atom. The van der Waals surface area contributed by atoms with Crippen molar-refractivity contribution in [3.05, 3.63) is 60.1 Å². The fourth-order valence-electron chi connectivity index (χ4n) is 2.35. The molecule has 0 aliphatic heterocycles. The third-order valence-electron chi connectivity index (χ3n) is 3.52.